The molecule has 0 aliphatic carbocycles. The van der Waals surface area contributed by atoms with Crippen LogP contribution in [0, 0.1) is 3.57 Å². The van der Waals surface area contributed by atoms with Crippen LogP contribution in [0.2, 0.25) is 5.02 Å². The zero-order valence-corrected chi connectivity index (χ0v) is 19.6. The van der Waals surface area contributed by atoms with E-state index in [1.54, 1.807) is 12.1 Å². The third kappa shape index (κ3) is 6.32. The minimum absolute atomic E-state index is 0.182. The normalized spacial score (nSPS) is 11.7. The molecule has 0 saturated carbocycles. The first-order valence-electron chi connectivity index (χ1n) is 8.41. The smallest absolute Gasteiger partial charge is 0.417 e. The summed E-state index contributed by atoms with van der Waals surface area (Å²) in [7, 11) is 0. The lowest BCUT2D eigenvalue weighted by molar-refractivity contribution is -0.137. The number of aromatic nitrogens is 1. The summed E-state index contributed by atoms with van der Waals surface area (Å²) >= 11 is 12.0. The number of pyridine rings is 1. The molecular weight excluding hydrogens is 597 g/mol. The Morgan fingerprint density at radius 3 is 2.50 bits per heavy atom. The van der Waals surface area contributed by atoms with Crippen LogP contribution < -0.4 is 10.2 Å². The highest BCUT2D eigenvalue weighted by Crippen LogP contribution is 2.35. The molecule has 3 rings (SSSR count). The van der Waals surface area contributed by atoms with E-state index in [2.05, 4.69) is 54.0 Å². The molecule has 156 valence electrons. The molecule has 0 spiro atoms. The standard InChI is InChI=1S/C20H13BrClF3IN3O/c21-16-7-13(9-28-29-18-6-3-14(10-27-18)20(23,24)25)8-17(22)19(16)30-11-12-1-4-15(26)5-2-12/h1-10H,11H2,(H,27,29)/b28-9-. The third-order valence-corrected chi connectivity index (χ3v) is 5.39. The predicted molar refractivity (Wildman–Crippen MR) is 123 cm³/mol. The van der Waals surface area contributed by atoms with Crippen molar-refractivity contribution < 1.29 is 17.9 Å². The van der Waals surface area contributed by atoms with Crippen molar-refractivity contribution in [2.75, 3.05) is 5.43 Å². The molecule has 4 nitrogen and oxygen atoms in total. The number of benzene rings is 2. The number of nitrogens with one attached hydrogen (secondary N) is 1. The molecule has 0 unspecified atom stereocenters. The maximum Gasteiger partial charge on any atom is 0.417 e. The number of hydrazone groups is 1. The first-order chi connectivity index (χ1) is 14.2. The van der Waals surface area contributed by atoms with Crippen LogP contribution in [0.3, 0.4) is 0 Å². The number of rotatable bonds is 6. The number of hydrogen-bond donors (Lipinski definition) is 1. The summed E-state index contributed by atoms with van der Waals surface area (Å²) in [6.45, 7) is 0.365. The van der Waals surface area contributed by atoms with E-state index in [9.17, 15) is 13.2 Å². The summed E-state index contributed by atoms with van der Waals surface area (Å²) in [5, 5.41) is 4.37. The van der Waals surface area contributed by atoms with Crippen LogP contribution in [-0.4, -0.2) is 11.2 Å². The van der Waals surface area contributed by atoms with Crippen molar-refractivity contribution in [3.8, 4) is 5.75 Å². The van der Waals surface area contributed by atoms with Gasteiger partial charge in [0.25, 0.3) is 0 Å². The van der Waals surface area contributed by atoms with E-state index in [0.717, 1.165) is 21.4 Å². The van der Waals surface area contributed by atoms with Gasteiger partial charge in [0.15, 0.2) is 5.75 Å². The van der Waals surface area contributed by atoms with Crippen molar-refractivity contribution in [1.29, 1.82) is 0 Å². The highest BCUT2D eigenvalue weighted by Gasteiger charge is 2.30. The maximum absolute atomic E-state index is 12.6. The molecular formula is C20H13BrClF3IN3O. The number of anilines is 1. The highest BCUT2D eigenvalue weighted by atomic mass is 127. The fourth-order valence-electron chi connectivity index (χ4n) is 2.33. The molecule has 0 amide bonds. The topological polar surface area (TPSA) is 46.5 Å². The molecule has 10 heteroatoms. The summed E-state index contributed by atoms with van der Waals surface area (Å²) in [5.41, 5.74) is 3.42. The SMILES string of the molecule is FC(F)(F)c1ccc(N/N=C\c2cc(Cl)c(OCc3ccc(I)cc3)c(Br)c2)nc1. The van der Waals surface area contributed by atoms with Gasteiger partial charge < -0.3 is 4.74 Å². The number of hydrogen-bond acceptors (Lipinski definition) is 4. The van der Waals surface area contributed by atoms with Gasteiger partial charge in [0.1, 0.15) is 12.4 Å². The summed E-state index contributed by atoms with van der Waals surface area (Å²) in [6, 6.07) is 13.5. The second-order valence-electron chi connectivity index (χ2n) is 6.03. The van der Waals surface area contributed by atoms with Gasteiger partial charge in [0.05, 0.1) is 21.3 Å². The van der Waals surface area contributed by atoms with E-state index in [0.29, 0.717) is 27.4 Å². The van der Waals surface area contributed by atoms with Crippen molar-refractivity contribution in [3.63, 3.8) is 0 Å². The monoisotopic (exact) mass is 609 g/mol. The third-order valence-electron chi connectivity index (χ3n) is 3.80. The average molecular weight is 611 g/mol. The molecule has 0 fully saturated rings. The van der Waals surface area contributed by atoms with Gasteiger partial charge in [-0.1, -0.05) is 23.7 Å². The second-order valence-corrected chi connectivity index (χ2v) is 8.54. The van der Waals surface area contributed by atoms with Gasteiger partial charge in [-0.05, 0) is 86.0 Å². The summed E-state index contributed by atoms with van der Waals surface area (Å²) < 4.78 is 45.3. The first-order valence-corrected chi connectivity index (χ1v) is 10.7. The molecule has 0 saturated heterocycles. The summed E-state index contributed by atoms with van der Waals surface area (Å²) in [6.07, 6.45) is -2.22. The predicted octanol–water partition coefficient (Wildman–Crippen LogP) is 7.15. The second kappa shape index (κ2) is 9.97. The Balaban J connectivity index is 1.63. The van der Waals surface area contributed by atoms with Crippen LogP contribution in [0.25, 0.3) is 0 Å². The highest BCUT2D eigenvalue weighted by molar-refractivity contribution is 14.1. The zero-order valence-electron chi connectivity index (χ0n) is 15.1. The quantitative estimate of drug-likeness (QED) is 0.183. The van der Waals surface area contributed by atoms with Gasteiger partial charge in [0, 0.05) is 9.77 Å². The van der Waals surface area contributed by atoms with E-state index in [1.807, 2.05) is 24.3 Å². The Morgan fingerprint density at radius 1 is 1.17 bits per heavy atom. The minimum Gasteiger partial charge on any atom is -0.486 e. The minimum atomic E-state index is -4.43. The summed E-state index contributed by atoms with van der Waals surface area (Å²) in [4.78, 5) is 3.68. The van der Waals surface area contributed by atoms with E-state index in [4.69, 9.17) is 16.3 Å². The van der Waals surface area contributed by atoms with Crippen LogP contribution in [-0.2, 0) is 12.8 Å². The molecule has 0 aliphatic heterocycles. The van der Waals surface area contributed by atoms with Crippen LogP contribution in [0.4, 0.5) is 19.0 Å². The van der Waals surface area contributed by atoms with Crippen molar-refractivity contribution in [2.24, 2.45) is 5.10 Å². The Morgan fingerprint density at radius 2 is 1.90 bits per heavy atom. The Hall–Kier alpha value is -1.85. The van der Waals surface area contributed by atoms with Crippen molar-refractivity contribution in [1.82, 2.24) is 4.98 Å². The van der Waals surface area contributed by atoms with Crippen LogP contribution in [0.15, 0.2) is 64.3 Å². The number of halogens is 6. The summed E-state index contributed by atoms with van der Waals surface area (Å²) in [5.74, 6) is 0.687. The van der Waals surface area contributed by atoms with Crippen LogP contribution in [0.1, 0.15) is 16.7 Å². The van der Waals surface area contributed by atoms with Crippen molar-refractivity contribution in [2.45, 2.75) is 12.8 Å². The maximum atomic E-state index is 12.6. The lowest BCUT2D eigenvalue weighted by atomic mass is 10.2. The molecule has 1 heterocycles. The Bertz CT molecular complexity index is 1020. The van der Waals surface area contributed by atoms with Gasteiger partial charge in [-0.15, -0.1) is 0 Å². The van der Waals surface area contributed by atoms with E-state index < -0.39 is 11.7 Å². The molecule has 0 radical (unpaired) electrons. The number of nitrogens with zero attached hydrogens (tertiary/aromatic N) is 2. The fraction of sp³-hybridized carbons (Fsp3) is 0.100. The molecule has 30 heavy (non-hydrogen) atoms. The van der Waals surface area contributed by atoms with Crippen molar-refractivity contribution >= 4 is 62.2 Å². The van der Waals surface area contributed by atoms with E-state index >= 15 is 0 Å². The van der Waals surface area contributed by atoms with Gasteiger partial charge in [-0.3, -0.25) is 5.43 Å². The largest absolute Gasteiger partial charge is 0.486 e. The lowest BCUT2D eigenvalue weighted by Crippen LogP contribution is -2.05. The van der Waals surface area contributed by atoms with E-state index in [-0.39, 0.29) is 5.82 Å². The molecule has 0 atom stereocenters. The van der Waals surface area contributed by atoms with Gasteiger partial charge >= 0.3 is 6.18 Å². The average Bonchev–Trinajstić information content (AvgIpc) is 2.68. The zero-order chi connectivity index (χ0) is 21.7. The molecule has 1 aromatic heterocycles. The number of ether oxygens (including phenoxy) is 1. The van der Waals surface area contributed by atoms with E-state index in [1.165, 1.54) is 12.3 Å². The van der Waals surface area contributed by atoms with Crippen LogP contribution >= 0.6 is 50.1 Å². The fourth-order valence-corrected chi connectivity index (χ4v) is 3.68. The molecule has 2 aromatic carbocycles. The van der Waals surface area contributed by atoms with Gasteiger partial charge in [-0.2, -0.15) is 18.3 Å². The lowest BCUT2D eigenvalue weighted by Gasteiger charge is -2.11. The Labute approximate surface area is 197 Å². The Kier molecular flexibility index (Phi) is 7.59. The molecule has 1 N–H and O–H groups in total. The molecule has 3 aromatic rings. The van der Waals surface area contributed by atoms with Gasteiger partial charge in [-0.25, -0.2) is 4.98 Å². The first kappa shape index (κ1) is 22.8. The number of alkyl halides is 3. The van der Waals surface area contributed by atoms with Gasteiger partial charge in [0.2, 0.25) is 0 Å². The van der Waals surface area contributed by atoms with Crippen molar-refractivity contribution in [3.05, 3.63) is 84.5 Å². The molecule has 0 bridgehead atoms. The van der Waals surface area contributed by atoms with Crippen LogP contribution in [0.5, 0.6) is 5.75 Å². The molecule has 0 aliphatic rings.